The van der Waals surface area contributed by atoms with Crippen molar-refractivity contribution in [2.75, 3.05) is 26.4 Å². The average Bonchev–Trinajstić information content (AvgIpc) is 3.42. The van der Waals surface area contributed by atoms with Gasteiger partial charge in [-0.15, -0.1) is 0 Å². The molecule has 3 saturated heterocycles. The Kier molecular flexibility index (Phi) is 38.7. The van der Waals surface area contributed by atoms with E-state index in [1.807, 2.05) is 0 Å². The molecule has 3 rings (SSSR count). The summed E-state index contributed by atoms with van der Waals surface area (Å²) >= 11 is 0. The number of aliphatic hydroxyl groups excluding tert-OH is 11. The first kappa shape index (κ1) is 70.1. The first-order valence-corrected chi connectivity index (χ1v) is 30.8. The van der Waals surface area contributed by atoms with Gasteiger partial charge in [0, 0.05) is 6.42 Å². The van der Waals surface area contributed by atoms with Gasteiger partial charge in [-0.1, -0.05) is 213 Å². The summed E-state index contributed by atoms with van der Waals surface area (Å²) in [4.78, 5) is 13.2. The van der Waals surface area contributed by atoms with Gasteiger partial charge in [0.15, 0.2) is 18.9 Å². The number of rotatable bonds is 46. The van der Waals surface area contributed by atoms with Crippen molar-refractivity contribution < 1.29 is 89.4 Å². The Morgan fingerprint density at radius 3 is 1.13 bits per heavy atom. The predicted molar refractivity (Wildman–Crippen MR) is 291 cm³/mol. The van der Waals surface area contributed by atoms with E-state index in [1.54, 1.807) is 0 Å². The average molecular weight is 1110 g/mol. The Morgan fingerprint density at radius 2 is 0.740 bits per heavy atom. The van der Waals surface area contributed by atoms with E-state index >= 15 is 0 Å². The minimum absolute atomic E-state index is 0.245. The fraction of sp³-hybridized carbons (Fsp3) is 0.983. The number of nitrogens with one attached hydrogen (secondary N) is 1. The summed E-state index contributed by atoms with van der Waals surface area (Å²) in [6, 6.07) is -0.877. The Hall–Kier alpha value is -1.21. The van der Waals surface area contributed by atoms with E-state index in [1.165, 1.54) is 148 Å². The van der Waals surface area contributed by atoms with Crippen LogP contribution in [0.2, 0.25) is 0 Å². The zero-order chi connectivity index (χ0) is 56.2. The van der Waals surface area contributed by atoms with Gasteiger partial charge < -0.3 is 89.9 Å². The summed E-state index contributed by atoms with van der Waals surface area (Å²) in [5.41, 5.74) is 0. The van der Waals surface area contributed by atoms with Crippen LogP contribution in [0.3, 0.4) is 0 Å². The lowest BCUT2D eigenvalue weighted by Crippen LogP contribution is -2.66. The molecule has 0 aromatic rings. The first-order chi connectivity index (χ1) is 37.3. The number of carbonyl (C=O) groups excluding carboxylic acids is 1. The highest BCUT2D eigenvalue weighted by molar-refractivity contribution is 5.76. The third-order valence-corrected chi connectivity index (χ3v) is 15.9. The molecule has 77 heavy (non-hydrogen) atoms. The molecule has 3 aliphatic heterocycles. The Labute approximate surface area is 462 Å². The monoisotopic (exact) mass is 1110 g/mol. The molecule has 17 atom stereocenters. The third-order valence-electron chi connectivity index (χ3n) is 15.9. The largest absolute Gasteiger partial charge is 0.394 e. The van der Waals surface area contributed by atoms with Crippen LogP contribution in [0.5, 0.6) is 0 Å². The fourth-order valence-electron chi connectivity index (χ4n) is 10.8. The molecule has 12 N–H and O–H groups in total. The molecule has 0 bridgehead atoms. The zero-order valence-electron chi connectivity index (χ0n) is 47.5. The van der Waals surface area contributed by atoms with Crippen molar-refractivity contribution in [1.82, 2.24) is 5.32 Å². The van der Waals surface area contributed by atoms with Crippen molar-refractivity contribution >= 4 is 5.91 Å². The molecule has 0 aromatic heterocycles. The van der Waals surface area contributed by atoms with Gasteiger partial charge in [0.25, 0.3) is 0 Å². The molecule has 17 unspecified atom stereocenters. The van der Waals surface area contributed by atoms with Crippen molar-refractivity contribution in [2.45, 2.75) is 336 Å². The normalized spacial score (nSPS) is 30.6. The Balaban J connectivity index is 1.33. The van der Waals surface area contributed by atoms with Crippen molar-refractivity contribution in [3.8, 4) is 0 Å². The SMILES string of the molecule is CCCCCCCCCCCCCCCCCCCCCCCCCCCCCC(=O)NC(COC1OC(CO)C(OC2OC(CO)C(OC3OC(CO)C(O)C(O)C3O)C(O)C2O)C(O)C1O)C(O)CCCCCCC. The molecule has 19 nitrogen and oxygen atoms in total. The van der Waals surface area contributed by atoms with Gasteiger partial charge in [0.1, 0.15) is 73.2 Å². The number of aliphatic hydroxyl groups is 11. The van der Waals surface area contributed by atoms with Gasteiger partial charge in [0.2, 0.25) is 5.91 Å². The number of hydrogen-bond donors (Lipinski definition) is 12. The van der Waals surface area contributed by atoms with Crippen LogP contribution < -0.4 is 5.32 Å². The van der Waals surface area contributed by atoms with E-state index in [4.69, 9.17) is 28.4 Å². The molecule has 0 aliphatic carbocycles. The molecule has 3 fully saturated rings. The topological polar surface area (TPSA) is 307 Å². The van der Waals surface area contributed by atoms with E-state index in [-0.39, 0.29) is 18.9 Å². The number of carbonyl (C=O) groups is 1. The molecule has 0 radical (unpaired) electrons. The van der Waals surface area contributed by atoms with Crippen molar-refractivity contribution in [3.05, 3.63) is 0 Å². The highest BCUT2D eigenvalue weighted by Gasteiger charge is 2.53. The second-order valence-corrected chi connectivity index (χ2v) is 22.5. The molecule has 0 saturated carbocycles. The van der Waals surface area contributed by atoms with E-state index < -0.39 is 124 Å². The zero-order valence-corrected chi connectivity index (χ0v) is 47.5. The molecule has 19 heteroatoms. The number of amides is 1. The molecular weight excluding hydrogens is 999 g/mol. The maximum absolute atomic E-state index is 13.2. The summed E-state index contributed by atoms with van der Waals surface area (Å²) in [7, 11) is 0. The van der Waals surface area contributed by atoms with Gasteiger partial charge in [-0.3, -0.25) is 4.79 Å². The summed E-state index contributed by atoms with van der Waals surface area (Å²) in [6.07, 6.45) is 14.3. The third kappa shape index (κ3) is 26.7. The van der Waals surface area contributed by atoms with Crippen molar-refractivity contribution in [1.29, 1.82) is 0 Å². The van der Waals surface area contributed by atoms with Gasteiger partial charge in [-0.25, -0.2) is 0 Å². The number of hydrogen-bond acceptors (Lipinski definition) is 18. The minimum Gasteiger partial charge on any atom is -0.394 e. The van der Waals surface area contributed by atoms with Gasteiger partial charge in [-0.2, -0.15) is 0 Å². The molecule has 1 amide bonds. The lowest BCUT2D eigenvalue weighted by molar-refractivity contribution is -0.379. The maximum Gasteiger partial charge on any atom is 0.220 e. The van der Waals surface area contributed by atoms with Crippen LogP contribution in [0.1, 0.15) is 232 Å². The molecule has 3 aliphatic rings. The van der Waals surface area contributed by atoms with Gasteiger partial charge >= 0.3 is 0 Å². The molecule has 0 aromatic carbocycles. The Bertz CT molecular complexity index is 1420. The fourth-order valence-corrected chi connectivity index (χ4v) is 10.8. The van der Waals surface area contributed by atoms with E-state index in [2.05, 4.69) is 19.2 Å². The van der Waals surface area contributed by atoms with E-state index in [9.17, 15) is 61.0 Å². The smallest absolute Gasteiger partial charge is 0.220 e. The summed E-state index contributed by atoms with van der Waals surface area (Å²) in [6.45, 7) is 1.70. The lowest BCUT2D eigenvalue weighted by Gasteiger charge is -2.48. The van der Waals surface area contributed by atoms with Gasteiger partial charge in [0.05, 0.1) is 38.6 Å². The van der Waals surface area contributed by atoms with Crippen LogP contribution in [0.4, 0.5) is 0 Å². The predicted octanol–water partition coefficient (Wildman–Crippen LogP) is 5.60. The molecule has 0 spiro atoms. The second-order valence-electron chi connectivity index (χ2n) is 22.5. The number of unbranched alkanes of at least 4 members (excludes halogenated alkanes) is 30. The second kappa shape index (κ2) is 42.6. The lowest BCUT2D eigenvalue weighted by atomic mass is 9.96. The summed E-state index contributed by atoms with van der Waals surface area (Å²) < 4.78 is 34.1. The molecule has 3 heterocycles. The van der Waals surface area contributed by atoms with Crippen molar-refractivity contribution in [2.24, 2.45) is 0 Å². The van der Waals surface area contributed by atoms with Crippen LogP contribution >= 0.6 is 0 Å². The van der Waals surface area contributed by atoms with Crippen LogP contribution in [0, 0.1) is 0 Å². The van der Waals surface area contributed by atoms with E-state index in [0.29, 0.717) is 12.8 Å². The van der Waals surface area contributed by atoms with Gasteiger partial charge in [-0.05, 0) is 12.8 Å². The maximum atomic E-state index is 13.2. The Morgan fingerprint density at radius 1 is 0.416 bits per heavy atom. The molecule has 456 valence electrons. The van der Waals surface area contributed by atoms with Crippen molar-refractivity contribution in [3.63, 3.8) is 0 Å². The highest BCUT2D eigenvalue weighted by Crippen LogP contribution is 2.33. The van der Waals surface area contributed by atoms with Crippen LogP contribution in [0.15, 0.2) is 0 Å². The van der Waals surface area contributed by atoms with Crippen LogP contribution in [0.25, 0.3) is 0 Å². The summed E-state index contributed by atoms with van der Waals surface area (Å²) in [5.74, 6) is -0.245. The number of ether oxygens (including phenoxy) is 6. The quantitative estimate of drug-likeness (QED) is 0.0330. The first-order valence-electron chi connectivity index (χ1n) is 30.8. The standard InChI is InChI=1S/C58H111NO18/c1-3-5-7-9-10-11-12-13-14-15-16-17-18-19-20-21-22-23-24-25-26-27-28-29-30-32-34-36-46(64)59-41(42(63)35-33-31-8-6-4-2)40-72-56-52(70)49(67)54(44(38-61)74-56)77-58-53(71)50(68)55(45(39-62)75-58)76-57-51(69)48(66)47(65)43(37-60)73-57/h41-45,47-58,60-63,65-71H,3-40H2,1-2H3,(H,59,64). The minimum atomic E-state index is -1.97. The highest BCUT2D eigenvalue weighted by atomic mass is 16.8. The summed E-state index contributed by atoms with van der Waals surface area (Å²) in [5, 5.41) is 120. The van der Waals surface area contributed by atoms with Crippen LogP contribution in [-0.2, 0) is 33.2 Å². The van der Waals surface area contributed by atoms with Crippen LogP contribution in [-0.4, -0.2) is 193 Å². The van der Waals surface area contributed by atoms with E-state index in [0.717, 1.165) is 51.4 Å². The molecular formula is C58H111NO18.